The highest BCUT2D eigenvalue weighted by atomic mass is 32.2. The van der Waals surface area contributed by atoms with Gasteiger partial charge in [-0.15, -0.1) is 23.1 Å². The van der Waals surface area contributed by atoms with Crippen molar-refractivity contribution in [3.05, 3.63) is 82.0 Å². The van der Waals surface area contributed by atoms with Crippen molar-refractivity contribution in [3.8, 4) is 0 Å². The molecular formula is C24H24N2O2S2. The number of para-hydroxylation sites is 2. The molecule has 2 aromatic carbocycles. The van der Waals surface area contributed by atoms with Crippen molar-refractivity contribution in [2.24, 2.45) is 0 Å². The maximum atomic E-state index is 12.9. The van der Waals surface area contributed by atoms with Crippen molar-refractivity contribution in [3.63, 3.8) is 0 Å². The molecule has 0 saturated carbocycles. The normalized spacial score (nSPS) is 16.3. The Morgan fingerprint density at radius 3 is 2.63 bits per heavy atom. The zero-order chi connectivity index (χ0) is 21.1. The summed E-state index contributed by atoms with van der Waals surface area (Å²) in [5, 5.41) is 4.87. The number of nitrogens with zero attached hydrogens (tertiary/aromatic N) is 1. The molecular weight excluding hydrogens is 412 g/mol. The lowest BCUT2D eigenvalue weighted by Crippen LogP contribution is -2.29. The number of hydrogen-bond donors (Lipinski definition) is 1. The minimum absolute atomic E-state index is 0.0478. The summed E-state index contributed by atoms with van der Waals surface area (Å²) in [5.74, 6) is 0.779. The van der Waals surface area contributed by atoms with Gasteiger partial charge in [0, 0.05) is 21.8 Å². The maximum absolute atomic E-state index is 12.9. The van der Waals surface area contributed by atoms with Crippen LogP contribution in [0.2, 0.25) is 0 Å². The minimum atomic E-state index is -0.171. The van der Waals surface area contributed by atoms with Crippen LogP contribution in [0.4, 0.5) is 11.4 Å². The number of carbonyl (C=O) groups excluding carboxylic acids is 2. The Morgan fingerprint density at radius 1 is 1.10 bits per heavy atom. The molecule has 3 aromatic rings. The van der Waals surface area contributed by atoms with Crippen molar-refractivity contribution >= 4 is 46.3 Å². The number of anilines is 2. The van der Waals surface area contributed by atoms with E-state index >= 15 is 0 Å². The Balaban J connectivity index is 1.65. The highest BCUT2D eigenvalue weighted by Crippen LogP contribution is 2.46. The lowest BCUT2D eigenvalue weighted by molar-refractivity contribution is -0.116. The molecule has 4 nitrogen and oxygen atoms in total. The summed E-state index contributed by atoms with van der Waals surface area (Å²) in [6.07, 6.45) is 0.350. The molecule has 30 heavy (non-hydrogen) atoms. The molecule has 1 atom stereocenters. The van der Waals surface area contributed by atoms with Gasteiger partial charge in [0.15, 0.2) is 0 Å². The topological polar surface area (TPSA) is 49.4 Å². The van der Waals surface area contributed by atoms with Gasteiger partial charge in [0.25, 0.3) is 0 Å². The van der Waals surface area contributed by atoms with Crippen LogP contribution in [0.25, 0.3) is 0 Å². The van der Waals surface area contributed by atoms with Crippen molar-refractivity contribution in [2.75, 3.05) is 16.0 Å². The van der Waals surface area contributed by atoms with Gasteiger partial charge in [-0.25, -0.2) is 0 Å². The van der Waals surface area contributed by atoms with Gasteiger partial charge in [-0.1, -0.05) is 56.3 Å². The third-order valence-corrected chi connectivity index (χ3v) is 7.17. The molecule has 0 aliphatic carbocycles. The van der Waals surface area contributed by atoms with Gasteiger partial charge in [0.2, 0.25) is 11.8 Å². The number of amides is 2. The Bertz CT molecular complexity index is 1050. The van der Waals surface area contributed by atoms with E-state index in [1.54, 1.807) is 23.1 Å². The van der Waals surface area contributed by atoms with Crippen LogP contribution < -0.4 is 10.2 Å². The zero-order valence-corrected chi connectivity index (χ0v) is 18.6. The zero-order valence-electron chi connectivity index (χ0n) is 17.0. The van der Waals surface area contributed by atoms with Crippen LogP contribution in [0, 0.1) is 0 Å². The highest BCUT2D eigenvalue weighted by Gasteiger charge is 2.36. The quantitative estimate of drug-likeness (QED) is 0.529. The fraction of sp³-hybridized carbons (Fsp3) is 0.250. The van der Waals surface area contributed by atoms with Gasteiger partial charge in [-0.3, -0.25) is 14.5 Å². The third kappa shape index (κ3) is 4.30. The van der Waals surface area contributed by atoms with E-state index in [1.165, 1.54) is 0 Å². The molecule has 2 heterocycles. The van der Waals surface area contributed by atoms with Crippen LogP contribution in [-0.2, 0) is 16.0 Å². The lowest BCUT2D eigenvalue weighted by atomic mass is 10.00. The lowest BCUT2D eigenvalue weighted by Gasteiger charge is -2.29. The number of carbonyl (C=O) groups is 2. The number of rotatable bonds is 6. The Hall–Kier alpha value is -2.57. The summed E-state index contributed by atoms with van der Waals surface area (Å²) in [6, 6.07) is 19.8. The smallest absolute Gasteiger partial charge is 0.238 e. The van der Waals surface area contributed by atoms with Crippen molar-refractivity contribution < 1.29 is 9.59 Å². The van der Waals surface area contributed by atoms with E-state index < -0.39 is 0 Å². The first-order valence-electron chi connectivity index (χ1n) is 9.98. The van der Waals surface area contributed by atoms with Gasteiger partial charge in [-0.2, -0.15) is 0 Å². The molecule has 154 valence electrons. The molecule has 0 radical (unpaired) electrons. The molecule has 1 fully saturated rings. The average molecular weight is 437 g/mol. The van der Waals surface area contributed by atoms with E-state index in [0.717, 1.165) is 27.4 Å². The highest BCUT2D eigenvalue weighted by molar-refractivity contribution is 8.00. The summed E-state index contributed by atoms with van der Waals surface area (Å²) in [5.41, 5.74) is 3.81. The number of benzene rings is 2. The molecule has 1 aliphatic rings. The monoisotopic (exact) mass is 436 g/mol. The maximum Gasteiger partial charge on any atom is 0.238 e. The van der Waals surface area contributed by atoms with E-state index in [9.17, 15) is 9.59 Å². The molecule has 1 aromatic heterocycles. The van der Waals surface area contributed by atoms with Crippen LogP contribution >= 0.6 is 23.1 Å². The second kappa shape index (κ2) is 9.06. The number of thioether (sulfide) groups is 1. The summed E-state index contributed by atoms with van der Waals surface area (Å²) < 4.78 is 0. The van der Waals surface area contributed by atoms with Gasteiger partial charge in [0.05, 0.1) is 12.2 Å². The Morgan fingerprint density at radius 2 is 1.87 bits per heavy atom. The van der Waals surface area contributed by atoms with Crippen LogP contribution in [0.1, 0.15) is 41.1 Å². The van der Waals surface area contributed by atoms with Gasteiger partial charge in [-0.05, 0) is 35.1 Å². The first-order chi connectivity index (χ1) is 14.5. The van der Waals surface area contributed by atoms with Gasteiger partial charge >= 0.3 is 0 Å². The number of thiophene rings is 1. The second-order valence-electron chi connectivity index (χ2n) is 7.53. The number of nitrogens with one attached hydrogen (secondary N) is 1. The van der Waals surface area contributed by atoms with Crippen LogP contribution in [-0.4, -0.2) is 17.6 Å². The fourth-order valence-electron chi connectivity index (χ4n) is 3.70. The Kier molecular flexibility index (Phi) is 6.25. The van der Waals surface area contributed by atoms with Gasteiger partial charge in [0.1, 0.15) is 5.37 Å². The van der Waals surface area contributed by atoms with E-state index in [2.05, 4.69) is 25.2 Å². The van der Waals surface area contributed by atoms with E-state index in [-0.39, 0.29) is 17.2 Å². The summed E-state index contributed by atoms with van der Waals surface area (Å²) in [6.45, 7) is 4.28. The molecule has 0 bridgehead atoms. The standard InChI is InChI=1S/C24H24N2O2S2/c1-16(2)18-9-4-6-12-21(18)26-23(28)15-30-24(26)19-10-3-5-11-20(19)25-22(27)14-17-8-7-13-29-17/h3-13,16,24H,14-15H2,1-2H3,(H,25,27)/t24-/m1/s1. The largest absolute Gasteiger partial charge is 0.325 e. The molecule has 1 aliphatic heterocycles. The van der Waals surface area contributed by atoms with Crippen molar-refractivity contribution in [2.45, 2.75) is 31.6 Å². The molecule has 1 N–H and O–H groups in total. The first kappa shape index (κ1) is 20.7. The second-order valence-corrected chi connectivity index (χ2v) is 9.63. The molecule has 2 amide bonds. The molecule has 0 unspecified atom stereocenters. The van der Waals surface area contributed by atoms with E-state index in [0.29, 0.717) is 18.1 Å². The van der Waals surface area contributed by atoms with E-state index in [1.807, 2.05) is 64.9 Å². The predicted molar refractivity (Wildman–Crippen MR) is 126 cm³/mol. The average Bonchev–Trinajstić information content (AvgIpc) is 3.38. The summed E-state index contributed by atoms with van der Waals surface area (Å²) >= 11 is 3.18. The molecule has 4 rings (SSSR count). The van der Waals surface area contributed by atoms with Gasteiger partial charge < -0.3 is 5.32 Å². The first-order valence-corrected chi connectivity index (χ1v) is 11.9. The van der Waals surface area contributed by atoms with E-state index in [4.69, 9.17) is 0 Å². The summed E-state index contributed by atoms with van der Waals surface area (Å²) in [7, 11) is 0. The Labute approximate surface area is 185 Å². The SMILES string of the molecule is CC(C)c1ccccc1N1C(=O)CS[C@@H]1c1ccccc1NC(=O)Cc1cccs1. The van der Waals surface area contributed by atoms with Crippen molar-refractivity contribution in [1.82, 2.24) is 0 Å². The van der Waals surface area contributed by atoms with Crippen LogP contribution in [0.15, 0.2) is 66.0 Å². The van der Waals surface area contributed by atoms with Crippen molar-refractivity contribution in [1.29, 1.82) is 0 Å². The van der Waals surface area contributed by atoms with Crippen LogP contribution in [0.3, 0.4) is 0 Å². The van der Waals surface area contributed by atoms with Crippen LogP contribution in [0.5, 0.6) is 0 Å². The summed E-state index contributed by atoms with van der Waals surface area (Å²) in [4.78, 5) is 28.4. The molecule has 0 spiro atoms. The number of hydrogen-bond acceptors (Lipinski definition) is 4. The fourth-order valence-corrected chi connectivity index (χ4v) is 5.61. The third-order valence-electron chi connectivity index (χ3n) is 5.10. The molecule has 6 heteroatoms. The molecule has 1 saturated heterocycles. The minimum Gasteiger partial charge on any atom is -0.325 e. The predicted octanol–water partition coefficient (Wildman–Crippen LogP) is 5.83.